The van der Waals surface area contributed by atoms with E-state index in [0.29, 0.717) is 23.5 Å². The summed E-state index contributed by atoms with van der Waals surface area (Å²) in [5.74, 6) is 0. The van der Waals surface area contributed by atoms with Crippen LogP contribution in [0.2, 0.25) is 0 Å². The van der Waals surface area contributed by atoms with Gasteiger partial charge in [0.15, 0.2) is 0 Å². The molecule has 0 bridgehead atoms. The Kier molecular flexibility index (Phi) is 2.92. The average molecular weight is 220 g/mol. The van der Waals surface area contributed by atoms with Gasteiger partial charge in [-0.2, -0.15) is 0 Å². The Morgan fingerprint density at radius 3 is 2.44 bits per heavy atom. The van der Waals surface area contributed by atoms with Crippen LogP contribution in [0.15, 0.2) is 18.2 Å². The number of hydrogen-bond donors (Lipinski definition) is 3. The predicted octanol–water partition coefficient (Wildman–Crippen LogP) is 1.04. The molecule has 1 fully saturated rings. The highest BCUT2D eigenvalue weighted by molar-refractivity contribution is 5.79. The Bertz CT molecular complexity index is 367. The standard InChI is InChI=1S/C12H20N4/c1-8-6-16(7-9(2)15-8)11-5-3-4-10(13)12(11)14/h3-5,8-9,15H,6-7,13-14H2,1-2H3. The molecule has 0 spiro atoms. The lowest BCUT2D eigenvalue weighted by molar-refractivity contribution is 0.407. The number of rotatable bonds is 1. The van der Waals surface area contributed by atoms with Crippen LogP contribution >= 0.6 is 0 Å². The summed E-state index contributed by atoms with van der Waals surface area (Å²) in [4.78, 5) is 2.30. The van der Waals surface area contributed by atoms with Gasteiger partial charge in [0, 0.05) is 25.2 Å². The lowest BCUT2D eigenvalue weighted by Crippen LogP contribution is -2.54. The van der Waals surface area contributed by atoms with Gasteiger partial charge in [0.05, 0.1) is 17.1 Å². The number of piperazine rings is 1. The second-order valence-corrected chi connectivity index (χ2v) is 4.65. The Hall–Kier alpha value is -1.42. The van der Waals surface area contributed by atoms with E-state index >= 15 is 0 Å². The first-order valence-corrected chi connectivity index (χ1v) is 5.73. The third kappa shape index (κ3) is 2.07. The summed E-state index contributed by atoms with van der Waals surface area (Å²) in [6.45, 7) is 6.31. The molecular weight excluding hydrogens is 200 g/mol. The molecule has 1 aromatic carbocycles. The van der Waals surface area contributed by atoms with Crippen LogP contribution in [0.1, 0.15) is 13.8 Å². The topological polar surface area (TPSA) is 67.3 Å². The van der Waals surface area contributed by atoms with Crippen LogP contribution < -0.4 is 21.7 Å². The van der Waals surface area contributed by atoms with E-state index in [9.17, 15) is 0 Å². The van der Waals surface area contributed by atoms with Crippen molar-refractivity contribution in [1.29, 1.82) is 0 Å². The third-order valence-electron chi connectivity index (χ3n) is 3.02. The quantitative estimate of drug-likeness (QED) is 0.619. The van der Waals surface area contributed by atoms with Gasteiger partial charge in [-0.25, -0.2) is 0 Å². The van der Waals surface area contributed by atoms with Crippen LogP contribution in [0, 0.1) is 0 Å². The first-order valence-electron chi connectivity index (χ1n) is 5.73. The maximum atomic E-state index is 6.02. The van der Waals surface area contributed by atoms with E-state index in [4.69, 9.17) is 11.5 Å². The van der Waals surface area contributed by atoms with Gasteiger partial charge < -0.3 is 21.7 Å². The maximum Gasteiger partial charge on any atom is 0.0785 e. The molecule has 0 amide bonds. The first-order chi connectivity index (χ1) is 7.58. The van der Waals surface area contributed by atoms with Crippen LogP contribution in [0.5, 0.6) is 0 Å². The molecule has 4 heteroatoms. The summed E-state index contributed by atoms with van der Waals surface area (Å²) < 4.78 is 0. The lowest BCUT2D eigenvalue weighted by Gasteiger charge is -2.38. The fraction of sp³-hybridized carbons (Fsp3) is 0.500. The minimum atomic E-state index is 0.476. The molecule has 1 aliphatic rings. The van der Waals surface area contributed by atoms with Crippen LogP contribution in [-0.4, -0.2) is 25.2 Å². The van der Waals surface area contributed by atoms with Gasteiger partial charge in [0.2, 0.25) is 0 Å². The van der Waals surface area contributed by atoms with Crippen molar-refractivity contribution in [3.05, 3.63) is 18.2 Å². The monoisotopic (exact) mass is 220 g/mol. The number of anilines is 3. The number of hydrogen-bond acceptors (Lipinski definition) is 4. The van der Waals surface area contributed by atoms with E-state index in [1.54, 1.807) is 0 Å². The molecule has 1 heterocycles. The second kappa shape index (κ2) is 4.22. The van der Waals surface area contributed by atoms with Crippen molar-refractivity contribution in [2.24, 2.45) is 0 Å². The number of nitrogens with one attached hydrogen (secondary N) is 1. The van der Waals surface area contributed by atoms with Crippen molar-refractivity contribution in [2.75, 3.05) is 29.5 Å². The third-order valence-corrected chi connectivity index (χ3v) is 3.02. The molecule has 0 aliphatic carbocycles. The fourth-order valence-corrected chi connectivity index (χ4v) is 2.37. The molecular formula is C12H20N4. The van der Waals surface area contributed by atoms with Crippen molar-refractivity contribution < 1.29 is 0 Å². The van der Waals surface area contributed by atoms with Crippen LogP contribution in [0.3, 0.4) is 0 Å². The first kappa shape index (κ1) is 11.1. The van der Waals surface area contributed by atoms with Gasteiger partial charge in [-0.1, -0.05) is 6.07 Å². The van der Waals surface area contributed by atoms with Crippen molar-refractivity contribution in [3.63, 3.8) is 0 Å². The lowest BCUT2D eigenvalue weighted by atomic mass is 10.1. The molecule has 88 valence electrons. The van der Waals surface area contributed by atoms with E-state index < -0.39 is 0 Å². The van der Waals surface area contributed by atoms with Gasteiger partial charge in [-0.15, -0.1) is 0 Å². The largest absolute Gasteiger partial charge is 0.397 e. The normalized spacial score (nSPS) is 25.8. The van der Waals surface area contributed by atoms with E-state index in [2.05, 4.69) is 24.1 Å². The van der Waals surface area contributed by atoms with Crippen molar-refractivity contribution in [2.45, 2.75) is 25.9 Å². The highest BCUT2D eigenvalue weighted by Gasteiger charge is 2.22. The fourth-order valence-electron chi connectivity index (χ4n) is 2.37. The summed E-state index contributed by atoms with van der Waals surface area (Å²) in [5, 5.41) is 3.50. The zero-order valence-corrected chi connectivity index (χ0v) is 9.90. The van der Waals surface area contributed by atoms with Gasteiger partial charge >= 0.3 is 0 Å². The molecule has 4 nitrogen and oxygen atoms in total. The van der Waals surface area contributed by atoms with Gasteiger partial charge in [0.1, 0.15) is 0 Å². The van der Waals surface area contributed by atoms with Gasteiger partial charge in [-0.05, 0) is 26.0 Å². The summed E-state index contributed by atoms with van der Waals surface area (Å²) in [6.07, 6.45) is 0. The highest BCUT2D eigenvalue weighted by atomic mass is 15.2. The molecule has 16 heavy (non-hydrogen) atoms. The second-order valence-electron chi connectivity index (χ2n) is 4.65. The van der Waals surface area contributed by atoms with E-state index in [1.807, 2.05) is 18.2 Å². The molecule has 0 radical (unpaired) electrons. The maximum absolute atomic E-state index is 6.02. The predicted molar refractivity (Wildman–Crippen MR) is 69.5 cm³/mol. The van der Waals surface area contributed by atoms with Crippen molar-refractivity contribution in [1.82, 2.24) is 5.32 Å². The Labute approximate surface area is 96.6 Å². The number of nitrogens with zero attached hydrogens (tertiary/aromatic N) is 1. The van der Waals surface area contributed by atoms with E-state index in [-0.39, 0.29) is 0 Å². The zero-order valence-electron chi connectivity index (χ0n) is 9.90. The summed E-state index contributed by atoms with van der Waals surface area (Å²) in [5.41, 5.74) is 14.3. The Morgan fingerprint density at radius 2 is 1.81 bits per heavy atom. The van der Waals surface area contributed by atoms with Gasteiger partial charge in [0.25, 0.3) is 0 Å². The molecule has 5 N–H and O–H groups in total. The number of nitrogens with two attached hydrogens (primary N) is 2. The summed E-state index contributed by atoms with van der Waals surface area (Å²) in [6, 6.07) is 6.79. The molecule has 1 aliphatic heterocycles. The molecule has 0 saturated carbocycles. The molecule has 1 aromatic rings. The SMILES string of the molecule is CC1CN(c2cccc(N)c2N)CC(C)N1. The summed E-state index contributed by atoms with van der Waals surface area (Å²) in [7, 11) is 0. The minimum absolute atomic E-state index is 0.476. The zero-order chi connectivity index (χ0) is 11.7. The van der Waals surface area contributed by atoms with Crippen LogP contribution in [0.25, 0.3) is 0 Å². The smallest absolute Gasteiger partial charge is 0.0785 e. The number of nitrogen functional groups attached to an aromatic ring is 2. The summed E-state index contributed by atoms with van der Waals surface area (Å²) >= 11 is 0. The van der Waals surface area contributed by atoms with Crippen molar-refractivity contribution >= 4 is 17.1 Å². The van der Waals surface area contributed by atoms with Gasteiger partial charge in [-0.3, -0.25) is 0 Å². The van der Waals surface area contributed by atoms with Crippen LogP contribution in [-0.2, 0) is 0 Å². The number of para-hydroxylation sites is 1. The minimum Gasteiger partial charge on any atom is -0.397 e. The highest BCUT2D eigenvalue weighted by Crippen LogP contribution is 2.29. The molecule has 0 aromatic heterocycles. The molecule has 2 atom stereocenters. The van der Waals surface area contributed by atoms with E-state index in [0.717, 1.165) is 18.8 Å². The van der Waals surface area contributed by atoms with E-state index in [1.165, 1.54) is 0 Å². The molecule has 2 rings (SSSR count). The van der Waals surface area contributed by atoms with Crippen molar-refractivity contribution in [3.8, 4) is 0 Å². The Balaban J connectivity index is 2.26. The van der Waals surface area contributed by atoms with Crippen LogP contribution in [0.4, 0.5) is 17.1 Å². The Morgan fingerprint density at radius 1 is 1.19 bits per heavy atom. The average Bonchev–Trinajstić information content (AvgIpc) is 2.20. The number of benzene rings is 1. The molecule has 2 unspecified atom stereocenters. The molecule has 1 saturated heterocycles.